The normalized spacial score (nSPS) is 10.8. The van der Waals surface area contributed by atoms with Crippen molar-refractivity contribution in [3.05, 3.63) is 101 Å². The Morgan fingerprint density at radius 1 is 0.949 bits per heavy atom. The van der Waals surface area contributed by atoms with Gasteiger partial charge in [-0.25, -0.2) is 22.5 Å². The first-order valence-corrected chi connectivity index (χ1v) is 11.7. The van der Waals surface area contributed by atoms with E-state index in [1.165, 1.54) is 18.5 Å². The number of halogens is 5. The van der Waals surface area contributed by atoms with Gasteiger partial charge in [0.2, 0.25) is 11.6 Å². The molecular formula is C28H22F5N3O3. The van der Waals surface area contributed by atoms with Crippen LogP contribution < -0.4 is 4.74 Å². The van der Waals surface area contributed by atoms with Gasteiger partial charge in [0.1, 0.15) is 29.5 Å². The number of H-pyrrole nitrogens is 2. The van der Waals surface area contributed by atoms with E-state index in [9.17, 15) is 26.7 Å². The lowest BCUT2D eigenvalue weighted by molar-refractivity contribution is -0.107. The molecule has 0 aliphatic heterocycles. The van der Waals surface area contributed by atoms with Gasteiger partial charge >= 0.3 is 0 Å². The Balaban J connectivity index is 0.00000172. The van der Waals surface area contributed by atoms with Crippen LogP contribution in [-0.4, -0.2) is 33.5 Å². The Morgan fingerprint density at radius 2 is 1.72 bits per heavy atom. The number of nitrogens with one attached hydrogen (secondary N) is 2. The summed E-state index contributed by atoms with van der Waals surface area (Å²) in [5.74, 6) is -6.14. The molecular weight excluding hydrogens is 521 g/mol. The van der Waals surface area contributed by atoms with E-state index in [-0.39, 0.29) is 47.3 Å². The van der Waals surface area contributed by atoms with Crippen molar-refractivity contribution in [3.8, 4) is 22.9 Å². The molecule has 0 spiro atoms. The van der Waals surface area contributed by atoms with Crippen LogP contribution in [-0.2, 0) is 17.6 Å². The van der Waals surface area contributed by atoms with Crippen LogP contribution in [0.25, 0.3) is 22.3 Å². The fourth-order valence-corrected chi connectivity index (χ4v) is 4.09. The molecule has 5 aromatic rings. The molecule has 0 bridgehead atoms. The fraction of sp³-hybridized carbons (Fsp3) is 0.143. The lowest BCUT2D eigenvalue weighted by atomic mass is 10.0. The minimum Gasteiger partial charge on any atom is -0.451 e. The number of aldehydes is 1. The van der Waals surface area contributed by atoms with Gasteiger partial charge in [0, 0.05) is 43.4 Å². The summed E-state index contributed by atoms with van der Waals surface area (Å²) in [6.07, 6.45) is 3.99. The average Bonchev–Trinajstić information content (AvgIpc) is 3.63. The molecule has 0 fully saturated rings. The lowest BCUT2D eigenvalue weighted by Gasteiger charge is -2.11. The van der Waals surface area contributed by atoms with Crippen molar-refractivity contribution in [2.45, 2.75) is 19.3 Å². The number of ether oxygens (including phenoxy) is 1. The Bertz CT molecular complexity index is 1630. The van der Waals surface area contributed by atoms with Gasteiger partial charge in [0.25, 0.3) is 0 Å². The van der Waals surface area contributed by atoms with Gasteiger partial charge in [-0.1, -0.05) is 18.2 Å². The number of imidazole rings is 1. The fourth-order valence-electron chi connectivity index (χ4n) is 4.09. The molecule has 3 aromatic carbocycles. The third-order valence-corrected chi connectivity index (χ3v) is 5.91. The molecule has 39 heavy (non-hydrogen) atoms. The number of aliphatic hydroxyl groups excluding tert-OH is 1. The van der Waals surface area contributed by atoms with Crippen LogP contribution in [0.15, 0.2) is 54.9 Å². The van der Waals surface area contributed by atoms with Gasteiger partial charge in [-0.2, -0.15) is 4.39 Å². The van der Waals surface area contributed by atoms with Crippen molar-refractivity contribution >= 4 is 17.2 Å². The van der Waals surface area contributed by atoms with Crippen molar-refractivity contribution in [2.75, 3.05) is 7.11 Å². The number of aryl methyl sites for hydroxylation is 1. The number of rotatable bonds is 8. The van der Waals surface area contributed by atoms with E-state index in [1.54, 1.807) is 18.2 Å². The minimum absolute atomic E-state index is 0.0729. The maximum absolute atomic E-state index is 14.8. The minimum atomic E-state index is -1.53. The molecule has 0 amide bonds. The number of carbonyl (C=O) groups is 1. The van der Waals surface area contributed by atoms with E-state index in [0.717, 1.165) is 31.6 Å². The van der Waals surface area contributed by atoms with Crippen LogP contribution in [0.4, 0.5) is 22.0 Å². The number of nitrogens with zero attached hydrogens (tertiary/aromatic N) is 1. The summed E-state index contributed by atoms with van der Waals surface area (Å²) < 4.78 is 78.3. The van der Waals surface area contributed by atoms with Gasteiger partial charge in [0.15, 0.2) is 11.6 Å². The Labute approximate surface area is 219 Å². The molecule has 0 saturated heterocycles. The number of fused-ring (bicyclic) bond motifs is 1. The van der Waals surface area contributed by atoms with Crippen LogP contribution in [0.5, 0.6) is 11.5 Å². The highest BCUT2D eigenvalue weighted by atomic mass is 19.2. The largest absolute Gasteiger partial charge is 0.451 e. The second-order valence-corrected chi connectivity index (χ2v) is 8.31. The molecule has 0 radical (unpaired) electrons. The molecule has 0 aliphatic carbocycles. The first kappa shape index (κ1) is 27.5. The van der Waals surface area contributed by atoms with E-state index in [1.807, 2.05) is 0 Å². The summed E-state index contributed by atoms with van der Waals surface area (Å²) in [5.41, 5.74) is 0.839. The first-order chi connectivity index (χ1) is 18.9. The highest BCUT2D eigenvalue weighted by molar-refractivity contribution is 5.82. The number of aromatic amines is 2. The molecule has 3 N–H and O–H groups in total. The summed E-state index contributed by atoms with van der Waals surface area (Å²) in [5, 5.41) is 6.80. The molecule has 2 aromatic heterocycles. The summed E-state index contributed by atoms with van der Waals surface area (Å²) >= 11 is 0. The van der Waals surface area contributed by atoms with E-state index in [4.69, 9.17) is 9.84 Å². The van der Waals surface area contributed by atoms with Crippen LogP contribution >= 0.6 is 0 Å². The Kier molecular flexibility index (Phi) is 8.40. The van der Waals surface area contributed by atoms with Gasteiger partial charge in [0.05, 0.1) is 11.1 Å². The van der Waals surface area contributed by atoms with Crippen molar-refractivity contribution in [3.63, 3.8) is 0 Å². The van der Waals surface area contributed by atoms with Crippen LogP contribution in [0.2, 0.25) is 0 Å². The van der Waals surface area contributed by atoms with Crippen molar-refractivity contribution in [1.82, 2.24) is 15.0 Å². The van der Waals surface area contributed by atoms with Gasteiger partial charge in [-0.3, -0.25) is 0 Å². The standard InChI is InChI=1S/C27H18F5N3O2.CH4O/c28-20-7-6-17(37-26-22(30)18-8-9-33-25(18)23(31)24(26)32)12-19(20)27-34-13-16(35-27)11-15-4-1-3-14(21(15)29)5-2-10-36;1-2/h1,3-4,6-10,12-13,33H,2,5,11H2,(H,34,35);2H,1H3. The Morgan fingerprint density at radius 3 is 2.49 bits per heavy atom. The first-order valence-electron chi connectivity index (χ1n) is 11.7. The molecule has 0 aliphatic rings. The van der Waals surface area contributed by atoms with Crippen molar-refractivity contribution in [2.24, 2.45) is 0 Å². The van der Waals surface area contributed by atoms with Crippen molar-refractivity contribution < 1.29 is 36.6 Å². The predicted octanol–water partition coefficient (Wildman–Crippen LogP) is 6.38. The maximum atomic E-state index is 14.8. The quantitative estimate of drug-likeness (QED) is 0.120. The number of hydrogen-bond donors (Lipinski definition) is 3. The van der Waals surface area contributed by atoms with Gasteiger partial charge < -0.3 is 24.6 Å². The van der Waals surface area contributed by atoms with Crippen LogP contribution in [0, 0.1) is 29.1 Å². The predicted molar refractivity (Wildman–Crippen MR) is 134 cm³/mol. The van der Waals surface area contributed by atoms with Gasteiger partial charge in [-0.05, 0) is 41.8 Å². The molecule has 0 atom stereocenters. The third kappa shape index (κ3) is 5.53. The zero-order valence-corrected chi connectivity index (χ0v) is 20.5. The average molecular weight is 543 g/mol. The number of carbonyl (C=O) groups excluding carboxylic acids is 1. The SMILES string of the molecule is CO.O=CCCc1cccc(Cc2cnc(-c3cc(Oc4c(F)c(F)c5[nH]ccc5c4F)ccc3F)[nH]2)c1F. The van der Waals surface area contributed by atoms with Crippen LogP contribution in [0.3, 0.4) is 0 Å². The smallest absolute Gasteiger partial charge is 0.206 e. The topological polar surface area (TPSA) is 91.0 Å². The summed E-state index contributed by atoms with van der Waals surface area (Å²) in [4.78, 5) is 20.1. The number of hydrogen-bond acceptors (Lipinski definition) is 4. The Hall–Kier alpha value is -4.51. The summed E-state index contributed by atoms with van der Waals surface area (Å²) in [6.45, 7) is 0. The summed E-state index contributed by atoms with van der Waals surface area (Å²) in [6, 6.07) is 9.44. The summed E-state index contributed by atoms with van der Waals surface area (Å²) in [7, 11) is 1.00. The molecule has 6 nitrogen and oxygen atoms in total. The zero-order valence-electron chi connectivity index (χ0n) is 20.5. The third-order valence-electron chi connectivity index (χ3n) is 5.91. The van der Waals surface area contributed by atoms with Crippen LogP contribution in [0.1, 0.15) is 23.2 Å². The molecule has 202 valence electrons. The zero-order chi connectivity index (χ0) is 28.1. The monoisotopic (exact) mass is 543 g/mol. The highest BCUT2D eigenvalue weighted by Crippen LogP contribution is 2.36. The number of aromatic nitrogens is 3. The van der Waals surface area contributed by atoms with Crippen molar-refractivity contribution in [1.29, 1.82) is 0 Å². The molecule has 5 rings (SSSR count). The highest BCUT2D eigenvalue weighted by Gasteiger charge is 2.23. The van der Waals surface area contributed by atoms with E-state index >= 15 is 0 Å². The van der Waals surface area contributed by atoms with Gasteiger partial charge in [-0.15, -0.1) is 0 Å². The number of benzene rings is 3. The van der Waals surface area contributed by atoms with E-state index in [0.29, 0.717) is 16.8 Å². The molecule has 0 unspecified atom stereocenters. The molecule has 0 saturated carbocycles. The van der Waals surface area contributed by atoms with E-state index < -0.39 is 34.8 Å². The molecule has 2 heterocycles. The molecule has 11 heteroatoms. The number of aliphatic hydroxyl groups is 1. The second kappa shape index (κ2) is 11.9. The second-order valence-electron chi connectivity index (χ2n) is 8.31. The lowest BCUT2D eigenvalue weighted by Crippen LogP contribution is -1.99. The van der Waals surface area contributed by atoms with E-state index in [2.05, 4.69) is 15.0 Å². The maximum Gasteiger partial charge on any atom is 0.206 e.